The fourth-order valence-electron chi connectivity index (χ4n) is 1.54. The summed E-state index contributed by atoms with van der Waals surface area (Å²) in [5.41, 5.74) is 3.69. The first-order chi connectivity index (χ1) is 7.69. The van der Waals surface area contributed by atoms with Crippen LogP contribution in [0.15, 0.2) is 22.7 Å². The van der Waals surface area contributed by atoms with Gasteiger partial charge < -0.3 is 4.74 Å². The molecule has 90 valence electrons. The van der Waals surface area contributed by atoms with Gasteiger partial charge in [0.15, 0.2) is 0 Å². The molecule has 0 aromatic heterocycles. The van der Waals surface area contributed by atoms with E-state index in [9.17, 15) is 4.39 Å². The molecule has 0 radical (unpaired) electrons. The molecule has 1 rings (SSSR count). The molecule has 16 heavy (non-hydrogen) atoms. The molecule has 1 aromatic carbocycles. The Morgan fingerprint density at radius 1 is 1.56 bits per heavy atom. The third kappa shape index (κ3) is 3.83. The van der Waals surface area contributed by atoms with E-state index in [2.05, 4.69) is 21.4 Å². The largest absolute Gasteiger partial charge is 0.385 e. The van der Waals surface area contributed by atoms with E-state index in [1.165, 1.54) is 12.1 Å². The number of nitrogens with one attached hydrogen (secondary N) is 1. The molecule has 0 saturated carbocycles. The highest BCUT2D eigenvalue weighted by atomic mass is 79.9. The van der Waals surface area contributed by atoms with Gasteiger partial charge in [-0.25, -0.2) is 4.39 Å². The van der Waals surface area contributed by atoms with Gasteiger partial charge in [-0.2, -0.15) is 0 Å². The molecule has 0 bridgehead atoms. The van der Waals surface area contributed by atoms with Crippen molar-refractivity contribution in [2.45, 2.75) is 18.9 Å². The predicted octanol–water partition coefficient (Wildman–Crippen LogP) is 2.52. The molecule has 0 aliphatic heterocycles. The topological polar surface area (TPSA) is 47.3 Å². The van der Waals surface area contributed by atoms with Gasteiger partial charge in [-0.05, 0) is 30.5 Å². The Bertz CT molecular complexity index is 336. The van der Waals surface area contributed by atoms with Crippen LogP contribution in [0.2, 0.25) is 0 Å². The summed E-state index contributed by atoms with van der Waals surface area (Å²) in [7, 11) is 1.67. The highest BCUT2D eigenvalue weighted by molar-refractivity contribution is 9.10. The molecule has 1 unspecified atom stereocenters. The Labute approximate surface area is 103 Å². The zero-order valence-corrected chi connectivity index (χ0v) is 10.8. The smallest absolute Gasteiger partial charge is 0.124 e. The maximum absolute atomic E-state index is 12.9. The molecule has 1 atom stereocenters. The monoisotopic (exact) mass is 290 g/mol. The second-order valence-electron chi connectivity index (χ2n) is 3.52. The van der Waals surface area contributed by atoms with Crippen LogP contribution in [0.25, 0.3) is 0 Å². The SMILES string of the molecule is COCCCC(NN)c1ccc(F)cc1Br. The van der Waals surface area contributed by atoms with Crippen molar-refractivity contribution in [1.82, 2.24) is 5.43 Å². The van der Waals surface area contributed by atoms with E-state index in [0.717, 1.165) is 22.9 Å². The summed E-state index contributed by atoms with van der Waals surface area (Å²) < 4.78 is 18.6. The molecule has 0 fully saturated rings. The molecule has 0 spiro atoms. The number of hydrazine groups is 1. The number of rotatable bonds is 6. The average molecular weight is 291 g/mol. The number of hydrogen-bond donors (Lipinski definition) is 2. The first-order valence-electron chi connectivity index (χ1n) is 5.09. The van der Waals surface area contributed by atoms with Gasteiger partial charge in [-0.1, -0.05) is 22.0 Å². The molecule has 3 nitrogen and oxygen atoms in total. The van der Waals surface area contributed by atoms with Gasteiger partial charge in [0.25, 0.3) is 0 Å². The van der Waals surface area contributed by atoms with Gasteiger partial charge in [0.2, 0.25) is 0 Å². The number of methoxy groups -OCH3 is 1. The van der Waals surface area contributed by atoms with E-state index in [1.807, 2.05) is 0 Å². The first-order valence-corrected chi connectivity index (χ1v) is 5.88. The third-order valence-corrected chi connectivity index (χ3v) is 3.07. The molecular formula is C11H16BrFN2O. The lowest BCUT2D eigenvalue weighted by molar-refractivity contribution is 0.188. The molecule has 1 aromatic rings. The summed E-state index contributed by atoms with van der Waals surface area (Å²) in [5.74, 6) is 5.23. The van der Waals surface area contributed by atoms with Crippen molar-refractivity contribution in [3.05, 3.63) is 34.1 Å². The highest BCUT2D eigenvalue weighted by Gasteiger charge is 2.13. The summed E-state index contributed by atoms with van der Waals surface area (Å²) >= 11 is 3.33. The molecule has 0 saturated heterocycles. The molecule has 0 amide bonds. The predicted molar refractivity (Wildman–Crippen MR) is 65.3 cm³/mol. The van der Waals surface area contributed by atoms with Crippen molar-refractivity contribution in [1.29, 1.82) is 0 Å². The fourth-order valence-corrected chi connectivity index (χ4v) is 2.17. The number of halogens is 2. The first kappa shape index (κ1) is 13.6. The van der Waals surface area contributed by atoms with Gasteiger partial charge in [0.05, 0.1) is 0 Å². The summed E-state index contributed by atoms with van der Waals surface area (Å²) in [6, 6.07) is 4.61. The van der Waals surface area contributed by atoms with Gasteiger partial charge >= 0.3 is 0 Å². The van der Waals surface area contributed by atoms with Crippen LogP contribution in [0.3, 0.4) is 0 Å². The lowest BCUT2D eigenvalue weighted by Crippen LogP contribution is -2.28. The molecule has 5 heteroatoms. The molecule has 0 aliphatic rings. The van der Waals surface area contributed by atoms with Crippen LogP contribution in [0.4, 0.5) is 4.39 Å². The number of ether oxygens (including phenoxy) is 1. The van der Waals surface area contributed by atoms with Crippen molar-refractivity contribution in [2.75, 3.05) is 13.7 Å². The standard InChI is InChI=1S/C11H16BrFN2O/c1-16-6-2-3-11(15-14)9-5-4-8(13)7-10(9)12/h4-5,7,11,15H,2-3,6,14H2,1H3. The average Bonchev–Trinajstić information content (AvgIpc) is 2.26. The Kier molecular flexibility index (Phi) is 5.90. The van der Waals surface area contributed by atoms with E-state index >= 15 is 0 Å². The zero-order chi connectivity index (χ0) is 12.0. The number of nitrogens with two attached hydrogens (primary N) is 1. The maximum atomic E-state index is 12.9. The summed E-state index contributed by atoms with van der Waals surface area (Å²) in [5, 5.41) is 0. The van der Waals surface area contributed by atoms with Crippen LogP contribution in [0, 0.1) is 5.82 Å². The van der Waals surface area contributed by atoms with E-state index in [1.54, 1.807) is 13.2 Å². The minimum Gasteiger partial charge on any atom is -0.385 e. The van der Waals surface area contributed by atoms with Crippen molar-refractivity contribution in [2.24, 2.45) is 5.84 Å². The van der Waals surface area contributed by atoms with Gasteiger partial charge in [-0.3, -0.25) is 11.3 Å². The summed E-state index contributed by atoms with van der Waals surface area (Å²) in [6.45, 7) is 0.691. The van der Waals surface area contributed by atoms with E-state index < -0.39 is 0 Å². The van der Waals surface area contributed by atoms with E-state index in [4.69, 9.17) is 10.6 Å². The maximum Gasteiger partial charge on any atom is 0.124 e. The van der Waals surface area contributed by atoms with Crippen LogP contribution in [0.5, 0.6) is 0 Å². The zero-order valence-electron chi connectivity index (χ0n) is 9.17. The van der Waals surface area contributed by atoms with Crippen molar-refractivity contribution in [3.63, 3.8) is 0 Å². The van der Waals surface area contributed by atoms with Gasteiger partial charge in [0.1, 0.15) is 5.82 Å². The van der Waals surface area contributed by atoms with Crippen LogP contribution in [-0.2, 0) is 4.74 Å². The summed E-state index contributed by atoms with van der Waals surface area (Å²) in [4.78, 5) is 0. The number of hydrogen-bond acceptors (Lipinski definition) is 3. The molecule has 0 heterocycles. The van der Waals surface area contributed by atoms with Gasteiger partial charge in [0, 0.05) is 24.2 Å². The fraction of sp³-hybridized carbons (Fsp3) is 0.455. The lowest BCUT2D eigenvalue weighted by atomic mass is 10.0. The third-order valence-electron chi connectivity index (χ3n) is 2.38. The van der Waals surface area contributed by atoms with E-state index in [-0.39, 0.29) is 11.9 Å². The number of benzene rings is 1. The summed E-state index contributed by atoms with van der Waals surface area (Å²) in [6.07, 6.45) is 1.74. The van der Waals surface area contributed by atoms with Gasteiger partial charge in [-0.15, -0.1) is 0 Å². The normalized spacial score (nSPS) is 12.8. The molecule has 0 aliphatic carbocycles. The van der Waals surface area contributed by atoms with Crippen LogP contribution in [0.1, 0.15) is 24.4 Å². The lowest BCUT2D eigenvalue weighted by Gasteiger charge is -2.17. The Balaban J connectivity index is 2.70. The van der Waals surface area contributed by atoms with Crippen molar-refractivity contribution in [3.8, 4) is 0 Å². The second kappa shape index (κ2) is 6.96. The quantitative estimate of drug-likeness (QED) is 0.481. The van der Waals surface area contributed by atoms with Crippen LogP contribution in [-0.4, -0.2) is 13.7 Å². The van der Waals surface area contributed by atoms with Crippen LogP contribution >= 0.6 is 15.9 Å². The minimum atomic E-state index is -0.261. The molecular weight excluding hydrogens is 275 g/mol. The molecule has 3 N–H and O–H groups in total. The Hall–Kier alpha value is -0.490. The Morgan fingerprint density at radius 2 is 2.31 bits per heavy atom. The second-order valence-corrected chi connectivity index (χ2v) is 4.37. The van der Waals surface area contributed by atoms with E-state index in [0.29, 0.717) is 6.61 Å². The van der Waals surface area contributed by atoms with Crippen molar-refractivity contribution >= 4 is 15.9 Å². The van der Waals surface area contributed by atoms with Crippen molar-refractivity contribution < 1.29 is 9.13 Å². The highest BCUT2D eigenvalue weighted by Crippen LogP contribution is 2.26. The Morgan fingerprint density at radius 3 is 2.88 bits per heavy atom. The van der Waals surface area contributed by atoms with Crippen LogP contribution < -0.4 is 11.3 Å². The minimum absolute atomic E-state index is 0.00475.